The molecule has 0 aliphatic carbocycles. The molecule has 0 aliphatic rings. The van der Waals surface area contributed by atoms with Crippen LogP contribution in [0.15, 0.2) is 30.3 Å². The Hall–Kier alpha value is -1.88. The number of hydrogen-bond donors (Lipinski definition) is 2. The van der Waals surface area contributed by atoms with Crippen LogP contribution in [-0.2, 0) is 9.63 Å². The average molecular weight is 195 g/mol. The van der Waals surface area contributed by atoms with Crippen molar-refractivity contribution in [1.29, 1.82) is 0 Å². The molecule has 14 heavy (non-hydrogen) atoms. The molecule has 0 atom stereocenters. The largest absolute Gasteiger partial charge is 0.479 e. The van der Waals surface area contributed by atoms with Crippen LogP contribution in [0.1, 0.15) is 10.4 Å². The molecule has 5 nitrogen and oxygen atoms in total. The molecule has 1 aromatic carbocycles. The van der Waals surface area contributed by atoms with Gasteiger partial charge in [0.25, 0.3) is 5.91 Å². The van der Waals surface area contributed by atoms with Gasteiger partial charge in [-0.2, -0.15) is 0 Å². The van der Waals surface area contributed by atoms with Gasteiger partial charge in [0.2, 0.25) is 0 Å². The molecule has 0 aliphatic heterocycles. The van der Waals surface area contributed by atoms with Gasteiger partial charge in [0.1, 0.15) is 0 Å². The SMILES string of the molecule is O=C(O)CONC(=O)c1ccccc1. The predicted octanol–water partition coefficient (Wildman–Crippen LogP) is 0.433. The number of carboxylic acid groups (broad SMARTS) is 1. The molecule has 0 radical (unpaired) electrons. The molecule has 0 bridgehead atoms. The van der Waals surface area contributed by atoms with Crippen LogP contribution in [0.3, 0.4) is 0 Å². The summed E-state index contributed by atoms with van der Waals surface area (Å²) in [6, 6.07) is 8.37. The zero-order chi connectivity index (χ0) is 10.4. The number of benzene rings is 1. The van der Waals surface area contributed by atoms with Gasteiger partial charge >= 0.3 is 5.97 Å². The van der Waals surface area contributed by atoms with Crippen molar-refractivity contribution in [1.82, 2.24) is 5.48 Å². The molecule has 1 rings (SSSR count). The number of amides is 1. The lowest BCUT2D eigenvalue weighted by atomic mass is 10.2. The number of rotatable bonds is 4. The van der Waals surface area contributed by atoms with E-state index in [0.717, 1.165) is 0 Å². The number of carbonyl (C=O) groups excluding carboxylic acids is 1. The standard InChI is InChI=1S/C9H9NO4/c11-8(12)6-14-10-9(13)7-4-2-1-3-5-7/h1-5H,6H2,(H,10,13)(H,11,12). The molecule has 0 unspecified atom stereocenters. The highest BCUT2D eigenvalue weighted by Crippen LogP contribution is 1.97. The van der Waals surface area contributed by atoms with Crippen LogP contribution in [-0.4, -0.2) is 23.6 Å². The average Bonchev–Trinajstić information content (AvgIpc) is 2.18. The molecule has 1 amide bonds. The first-order chi connectivity index (χ1) is 6.70. The normalized spacial score (nSPS) is 9.43. The van der Waals surface area contributed by atoms with Crippen molar-refractivity contribution in [3.63, 3.8) is 0 Å². The third-order valence-corrected chi connectivity index (χ3v) is 1.40. The maximum atomic E-state index is 11.2. The van der Waals surface area contributed by atoms with E-state index in [-0.39, 0.29) is 0 Å². The lowest BCUT2D eigenvalue weighted by Crippen LogP contribution is -2.26. The molecular formula is C9H9NO4. The highest BCUT2D eigenvalue weighted by molar-refractivity contribution is 5.93. The molecule has 74 valence electrons. The van der Waals surface area contributed by atoms with Crippen molar-refractivity contribution in [2.75, 3.05) is 6.61 Å². The van der Waals surface area contributed by atoms with Crippen molar-refractivity contribution >= 4 is 11.9 Å². The lowest BCUT2D eigenvalue weighted by molar-refractivity contribution is -0.144. The van der Waals surface area contributed by atoms with E-state index in [1.165, 1.54) is 0 Å². The molecule has 5 heteroatoms. The van der Waals surface area contributed by atoms with Gasteiger partial charge in [-0.3, -0.25) is 9.63 Å². The lowest BCUT2D eigenvalue weighted by Gasteiger charge is -2.02. The number of hydrogen-bond acceptors (Lipinski definition) is 3. The summed E-state index contributed by atoms with van der Waals surface area (Å²) in [6.07, 6.45) is 0. The predicted molar refractivity (Wildman–Crippen MR) is 47.5 cm³/mol. The van der Waals surface area contributed by atoms with Crippen LogP contribution in [0, 0.1) is 0 Å². The zero-order valence-electron chi connectivity index (χ0n) is 7.27. The molecule has 0 saturated carbocycles. The van der Waals surface area contributed by atoms with Gasteiger partial charge in [0.15, 0.2) is 6.61 Å². The molecular weight excluding hydrogens is 186 g/mol. The summed E-state index contributed by atoms with van der Waals surface area (Å²) in [5.41, 5.74) is 2.43. The van der Waals surface area contributed by atoms with Gasteiger partial charge in [-0.25, -0.2) is 10.3 Å². The Morgan fingerprint density at radius 3 is 2.50 bits per heavy atom. The highest BCUT2D eigenvalue weighted by Gasteiger charge is 2.04. The van der Waals surface area contributed by atoms with Crippen LogP contribution < -0.4 is 5.48 Å². The fraction of sp³-hybridized carbons (Fsp3) is 0.111. The minimum absolute atomic E-state index is 0.415. The smallest absolute Gasteiger partial charge is 0.332 e. The summed E-state index contributed by atoms with van der Waals surface area (Å²) in [7, 11) is 0. The van der Waals surface area contributed by atoms with Crippen LogP contribution >= 0.6 is 0 Å². The van der Waals surface area contributed by atoms with E-state index in [9.17, 15) is 9.59 Å². The molecule has 0 heterocycles. The minimum atomic E-state index is -1.14. The molecule has 0 spiro atoms. The van der Waals surface area contributed by atoms with Gasteiger partial charge in [0.05, 0.1) is 0 Å². The summed E-state index contributed by atoms with van der Waals surface area (Å²) in [6.45, 7) is -0.557. The Balaban J connectivity index is 2.40. The van der Waals surface area contributed by atoms with Crippen molar-refractivity contribution in [3.8, 4) is 0 Å². The first kappa shape index (κ1) is 10.2. The van der Waals surface area contributed by atoms with Crippen LogP contribution in [0.5, 0.6) is 0 Å². The number of carboxylic acids is 1. The first-order valence-electron chi connectivity index (χ1n) is 3.89. The van der Waals surface area contributed by atoms with E-state index in [1.54, 1.807) is 30.3 Å². The Morgan fingerprint density at radius 1 is 1.29 bits per heavy atom. The minimum Gasteiger partial charge on any atom is -0.479 e. The van der Waals surface area contributed by atoms with E-state index in [0.29, 0.717) is 5.56 Å². The quantitative estimate of drug-likeness (QED) is 0.683. The van der Waals surface area contributed by atoms with E-state index < -0.39 is 18.5 Å². The Morgan fingerprint density at radius 2 is 1.93 bits per heavy atom. The van der Waals surface area contributed by atoms with Crippen molar-refractivity contribution < 1.29 is 19.5 Å². The fourth-order valence-corrected chi connectivity index (χ4v) is 0.812. The molecule has 0 fully saturated rings. The molecule has 2 N–H and O–H groups in total. The van der Waals surface area contributed by atoms with Gasteiger partial charge in [0, 0.05) is 5.56 Å². The topological polar surface area (TPSA) is 75.6 Å². The highest BCUT2D eigenvalue weighted by atomic mass is 16.7. The summed E-state index contributed by atoms with van der Waals surface area (Å²) in [5.74, 6) is -1.61. The van der Waals surface area contributed by atoms with E-state index in [1.807, 2.05) is 5.48 Å². The second-order valence-corrected chi connectivity index (χ2v) is 2.48. The second kappa shape index (κ2) is 4.98. The van der Waals surface area contributed by atoms with Gasteiger partial charge in [-0.15, -0.1) is 0 Å². The van der Waals surface area contributed by atoms with E-state index >= 15 is 0 Å². The van der Waals surface area contributed by atoms with Crippen LogP contribution in [0.25, 0.3) is 0 Å². The monoisotopic (exact) mass is 195 g/mol. The molecule has 1 aromatic rings. The second-order valence-electron chi connectivity index (χ2n) is 2.48. The third-order valence-electron chi connectivity index (χ3n) is 1.40. The Bertz CT molecular complexity index is 323. The number of aliphatic carboxylic acids is 1. The zero-order valence-corrected chi connectivity index (χ0v) is 7.27. The molecule has 0 saturated heterocycles. The summed E-state index contributed by atoms with van der Waals surface area (Å²) >= 11 is 0. The summed E-state index contributed by atoms with van der Waals surface area (Å²) in [4.78, 5) is 25.7. The first-order valence-corrected chi connectivity index (χ1v) is 3.89. The maximum Gasteiger partial charge on any atom is 0.332 e. The fourth-order valence-electron chi connectivity index (χ4n) is 0.812. The van der Waals surface area contributed by atoms with Crippen molar-refractivity contribution in [2.45, 2.75) is 0 Å². The van der Waals surface area contributed by atoms with E-state index in [2.05, 4.69) is 4.84 Å². The number of hydroxylamine groups is 1. The van der Waals surface area contributed by atoms with Crippen LogP contribution in [0.2, 0.25) is 0 Å². The van der Waals surface area contributed by atoms with Gasteiger partial charge in [-0.05, 0) is 12.1 Å². The van der Waals surface area contributed by atoms with Crippen molar-refractivity contribution in [2.24, 2.45) is 0 Å². The van der Waals surface area contributed by atoms with Crippen LogP contribution in [0.4, 0.5) is 0 Å². The number of carbonyl (C=O) groups is 2. The Labute approximate surface area is 80.3 Å². The maximum absolute atomic E-state index is 11.2. The summed E-state index contributed by atoms with van der Waals surface area (Å²) in [5, 5.41) is 8.22. The van der Waals surface area contributed by atoms with Gasteiger partial charge in [-0.1, -0.05) is 18.2 Å². The van der Waals surface area contributed by atoms with Gasteiger partial charge < -0.3 is 5.11 Å². The van der Waals surface area contributed by atoms with E-state index in [4.69, 9.17) is 5.11 Å². The molecule has 0 aromatic heterocycles. The Kier molecular flexibility index (Phi) is 3.63. The number of nitrogens with one attached hydrogen (secondary N) is 1. The van der Waals surface area contributed by atoms with Crippen molar-refractivity contribution in [3.05, 3.63) is 35.9 Å². The third kappa shape index (κ3) is 3.24. The summed E-state index contributed by atoms with van der Waals surface area (Å²) < 4.78 is 0.